The van der Waals surface area contributed by atoms with Crippen molar-refractivity contribution in [2.75, 3.05) is 7.11 Å². The highest BCUT2D eigenvalue weighted by Crippen LogP contribution is 2.21. The average Bonchev–Trinajstić information content (AvgIpc) is 2.72. The summed E-state index contributed by atoms with van der Waals surface area (Å²) >= 11 is 0. The van der Waals surface area contributed by atoms with Gasteiger partial charge < -0.3 is 4.74 Å². The van der Waals surface area contributed by atoms with Gasteiger partial charge in [-0.25, -0.2) is 13.1 Å². The van der Waals surface area contributed by atoms with Gasteiger partial charge >= 0.3 is 0 Å². The Kier molecular flexibility index (Phi) is 4.46. The lowest BCUT2D eigenvalue weighted by atomic mass is 10.1. The number of benzene rings is 1. The Morgan fingerprint density at radius 3 is 2.43 bits per heavy atom. The Morgan fingerprint density at radius 1 is 1.26 bits per heavy atom. The highest BCUT2D eigenvalue weighted by Gasteiger charge is 2.26. The van der Waals surface area contributed by atoms with Crippen molar-refractivity contribution in [2.45, 2.75) is 25.7 Å². The minimum atomic E-state index is -4.00. The molecule has 1 amide bonds. The van der Waals surface area contributed by atoms with Crippen LogP contribution in [0.4, 0.5) is 0 Å². The minimum Gasteiger partial charge on any atom is -0.496 e. The lowest BCUT2D eigenvalue weighted by Gasteiger charge is -2.09. The molecule has 0 radical (unpaired) electrons. The van der Waals surface area contributed by atoms with Gasteiger partial charge in [0.05, 0.1) is 18.5 Å². The van der Waals surface area contributed by atoms with Gasteiger partial charge in [0.25, 0.3) is 15.9 Å². The van der Waals surface area contributed by atoms with E-state index in [0.29, 0.717) is 17.1 Å². The molecule has 0 spiro atoms. The first-order chi connectivity index (χ1) is 10.7. The molecule has 2 rings (SSSR count). The second kappa shape index (κ2) is 6.04. The normalized spacial score (nSPS) is 11.3. The smallest absolute Gasteiger partial charge is 0.267 e. The SMILES string of the molecule is COc1cc(C(=O)NS(=O)(=O)c2c(C)nn(C)c2C)ccc1C. The predicted molar refractivity (Wildman–Crippen MR) is 85.1 cm³/mol. The number of aryl methyl sites for hydroxylation is 3. The number of hydrogen-bond acceptors (Lipinski definition) is 5. The fourth-order valence-electron chi connectivity index (χ4n) is 2.34. The van der Waals surface area contributed by atoms with Crippen molar-refractivity contribution in [2.24, 2.45) is 7.05 Å². The standard InChI is InChI=1S/C15H19N3O4S/c1-9-6-7-12(8-13(9)22-5)15(19)17-23(20,21)14-10(2)16-18(4)11(14)3/h6-8H,1-5H3,(H,17,19). The van der Waals surface area contributed by atoms with E-state index in [9.17, 15) is 13.2 Å². The van der Waals surface area contributed by atoms with Crippen LogP contribution in [0.1, 0.15) is 27.3 Å². The second-order valence-corrected chi connectivity index (χ2v) is 6.86. The van der Waals surface area contributed by atoms with E-state index in [1.807, 2.05) is 6.92 Å². The van der Waals surface area contributed by atoms with Gasteiger partial charge in [-0.15, -0.1) is 0 Å². The third kappa shape index (κ3) is 3.21. The van der Waals surface area contributed by atoms with Crippen LogP contribution in [0.2, 0.25) is 0 Å². The maximum absolute atomic E-state index is 12.5. The van der Waals surface area contributed by atoms with E-state index < -0.39 is 15.9 Å². The number of nitrogens with one attached hydrogen (secondary N) is 1. The molecule has 0 atom stereocenters. The number of sulfonamides is 1. The van der Waals surface area contributed by atoms with Gasteiger partial charge in [0, 0.05) is 12.6 Å². The van der Waals surface area contributed by atoms with Crippen molar-refractivity contribution in [3.63, 3.8) is 0 Å². The zero-order chi connectivity index (χ0) is 17.4. The van der Waals surface area contributed by atoms with Crippen molar-refractivity contribution in [3.8, 4) is 5.75 Å². The van der Waals surface area contributed by atoms with Crippen molar-refractivity contribution >= 4 is 15.9 Å². The van der Waals surface area contributed by atoms with Gasteiger partial charge in [0.1, 0.15) is 10.6 Å². The summed E-state index contributed by atoms with van der Waals surface area (Å²) in [6.45, 7) is 5.05. The number of carbonyl (C=O) groups excluding carboxylic acids is 1. The summed E-state index contributed by atoms with van der Waals surface area (Å²) in [6.07, 6.45) is 0. The number of ether oxygens (including phenoxy) is 1. The molecule has 0 bridgehead atoms. The molecule has 23 heavy (non-hydrogen) atoms. The summed E-state index contributed by atoms with van der Waals surface area (Å²) in [7, 11) is -0.866. The maximum Gasteiger partial charge on any atom is 0.267 e. The number of hydrogen-bond donors (Lipinski definition) is 1. The monoisotopic (exact) mass is 337 g/mol. The Hall–Kier alpha value is -2.35. The van der Waals surface area contributed by atoms with Crippen LogP contribution >= 0.6 is 0 Å². The lowest BCUT2D eigenvalue weighted by molar-refractivity contribution is 0.0981. The molecule has 1 aromatic heterocycles. The first-order valence-electron chi connectivity index (χ1n) is 6.89. The molecular weight excluding hydrogens is 318 g/mol. The van der Waals surface area contributed by atoms with Gasteiger partial charge in [0.15, 0.2) is 0 Å². The van der Waals surface area contributed by atoms with E-state index in [0.717, 1.165) is 5.56 Å². The Morgan fingerprint density at radius 2 is 1.91 bits per heavy atom. The first kappa shape index (κ1) is 17.0. The van der Waals surface area contributed by atoms with Crippen molar-refractivity contribution in [3.05, 3.63) is 40.7 Å². The van der Waals surface area contributed by atoms with Crippen LogP contribution < -0.4 is 9.46 Å². The van der Waals surface area contributed by atoms with E-state index in [1.165, 1.54) is 17.9 Å². The van der Waals surface area contributed by atoms with Crippen LogP contribution in [0, 0.1) is 20.8 Å². The average molecular weight is 337 g/mol. The molecule has 0 fully saturated rings. The van der Waals surface area contributed by atoms with Crippen LogP contribution in [0.5, 0.6) is 5.75 Å². The van der Waals surface area contributed by atoms with Crippen LogP contribution in [-0.2, 0) is 17.1 Å². The van der Waals surface area contributed by atoms with E-state index in [2.05, 4.69) is 9.82 Å². The summed E-state index contributed by atoms with van der Waals surface area (Å²) in [4.78, 5) is 12.3. The van der Waals surface area contributed by atoms with E-state index in [-0.39, 0.29) is 10.5 Å². The van der Waals surface area contributed by atoms with Gasteiger partial charge in [-0.05, 0) is 38.5 Å². The van der Waals surface area contributed by atoms with Gasteiger partial charge in [0.2, 0.25) is 0 Å². The minimum absolute atomic E-state index is 0.0208. The van der Waals surface area contributed by atoms with Crippen LogP contribution in [0.3, 0.4) is 0 Å². The Bertz CT molecular complexity index is 869. The molecule has 0 aliphatic carbocycles. The molecule has 0 unspecified atom stereocenters. The molecule has 0 saturated heterocycles. The van der Waals surface area contributed by atoms with Gasteiger partial charge in [-0.3, -0.25) is 9.48 Å². The fourth-order valence-corrected chi connectivity index (χ4v) is 3.75. The summed E-state index contributed by atoms with van der Waals surface area (Å²) in [5.41, 5.74) is 1.86. The molecule has 124 valence electrons. The molecular formula is C15H19N3O4S. The number of rotatable bonds is 4. The summed E-state index contributed by atoms with van der Waals surface area (Å²) < 4.78 is 33.6. The molecule has 0 aliphatic heterocycles. The molecule has 2 aromatic rings. The third-order valence-electron chi connectivity index (χ3n) is 3.61. The largest absolute Gasteiger partial charge is 0.496 e. The third-order valence-corrected chi connectivity index (χ3v) is 5.19. The zero-order valence-corrected chi connectivity index (χ0v) is 14.5. The molecule has 1 N–H and O–H groups in total. The Balaban J connectivity index is 2.36. The number of nitrogens with zero attached hydrogens (tertiary/aromatic N) is 2. The van der Waals surface area contributed by atoms with Crippen LogP contribution in [0.15, 0.2) is 23.1 Å². The number of aromatic nitrogens is 2. The van der Waals surface area contributed by atoms with Crippen LogP contribution in [0.25, 0.3) is 0 Å². The highest BCUT2D eigenvalue weighted by atomic mass is 32.2. The van der Waals surface area contributed by atoms with E-state index in [4.69, 9.17) is 4.74 Å². The Labute approximate surface area is 135 Å². The van der Waals surface area contributed by atoms with Crippen molar-refractivity contribution in [1.82, 2.24) is 14.5 Å². The quantitative estimate of drug-likeness (QED) is 0.912. The van der Waals surface area contributed by atoms with Crippen molar-refractivity contribution < 1.29 is 17.9 Å². The number of methoxy groups -OCH3 is 1. The fraction of sp³-hybridized carbons (Fsp3) is 0.333. The molecule has 1 aromatic carbocycles. The molecule has 8 heteroatoms. The topological polar surface area (TPSA) is 90.3 Å². The summed E-state index contributed by atoms with van der Waals surface area (Å²) in [6, 6.07) is 4.75. The first-order valence-corrected chi connectivity index (χ1v) is 8.37. The molecule has 7 nitrogen and oxygen atoms in total. The zero-order valence-electron chi connectivity index (χ0n) is 13.7. The van der Waals surface area contributed by atoms with E-state index >= 15 is 0 Å². The van der Waals surface area contributed by atoms with Crippen molar-refractivity contribution in [1.29, 1.82) is 0 Å². The predicted octanol–water partition coefficient (Wildman–Crippen LogP) is 1.47. The highest BCUT2D eigenvalue weighted by molar-refractivity contribution is 7.90. The molecule has 0 aliphatic rings. The van der Waals surface area contributed by atoms with Crippen LogP contribution in [-0.4, -0.2) is 31.2 Å². The summed E-state index contributed by atoms with van der Waals surface area (Å²) in [5.74, 6) is -0.199. The summed E-state index contributed by atoms with van der Waals surface area (Å²) in [5, 5.41) is 4.06. The molecule has 0 saturated carbocycles. The van der Waals surface area contributed by atoms with E-state index in [1.54, 1.807) is 33.0 Å². The second-order valence-electron chi connectivity index (χ2n) is 5.24. The van der Waals surface area contributed by atoms with Gasteiger partial charge in [-0.2, -0.15) is 5.10 Å². The van der Waals surface area contributed by atoms with Gasteiger partial charge in [-0.1, -0.05) is 6.07 Å². The lowest BCUT2D eigenvalue weighted by Crippen LogP contribution is -2.31. The number of amides is 1. The number of carbonyl (C=O) groups is 1. The maximum atomic E-state index is 12.5. The molecule has 1 heterocycles.